The molecule has 1 aromatic heterocycles. The maximum Gasteiger partial charge on any atom is 0.228 e. The fourth-order valence-electron chi connectivity index (χ4n) is 3.82. The SMILES string of the molecule is CCc1nc2ccccc2n1C1CCN(C(=O)C2CNC2)CC1.Cl. The van der Waals surface area contributed by atoms with Crippen molar-refractivity contribution in [2.45, 2.75) is 32.2 Å². The average Bonchev–Trinajstić information content (AvgIpc) is 2.92. The Kier molecular flexibility index (Phi) is 5.11. The number of halogens is 1. The second-order valence-electron chi connectivity index (χ2n) is 6.65. The molecule has 24 heavy (non-hydrogen) atoms. The van der Waals surface area contributed by atoms with Crippen molar-refractivity contribution in [1.82, 2.24) is 19.8 Å². The molecule has 0 aliphatic carbocycles. The monoisotopic (exact) mass is 348 g/mol. The van der Waals surface area contributed by atoms with Gasteiger partial charge in [-0.05, 0) is 25.0 Å². The van der Waals surface area contributed by atoms with Gasteiger partial charge in [0, 0.05) is 38.6 Å². The molecule has 2 aliphatic heterocycles. The highest BCUT2D eigenvalue weighted by Gasteiger charge is 2.32. The minimum atomic E-state index is 0. The molecule has 5 nitrogen and oxygen atoms in total. The number of likely N-dealkylation sites (tertiary alicyclic amines) is 1. The molecule has 0 unspecified atom stereocenters. The zero-order chi connectivity index (χ0) is 15.8. The maximum atomic E-state index is 12.4. The van der Waals surface area contributed by atoms with E-state index in [4.69, 9.17) is 4.98 Å². The van der Waals surface area contributed by atoms with E-state index < -0.39 is 0 Å². The number of fused-ring (bicyclic) bond motifs is 1. The first kappa shape index (κ1) is 17.2. The lowest BCUT2D eigenvalue weighted by atomic mass is 9.98. The first-order valence-corrected chi connectivity index (χ1v) is 8.73. The third-order valence-corrected chi connectivity index (χ3v) is 5.26. The lowest BCUT2D eigenvalue weighted by molar-refractivity contribution is -0.138. The predicted octanol–water partition coefficient (Wildman–Crippen LogP) is 2.40. The molecule has 6 heteroatoms. The van der Waals surface area contributed by atoms with Crippen LogP contribution in [0.2, 0.25) is 0 Å². The summed E-state index contributed by atoms with van der Waals surface area (Å²) < 4.78 is 2.42. The second kappa shape index (κ2) is 7.11. The maximum absolute atomic E-state index is 12.4. The number of carbonyl (C=O) groups is 1. The summed E-state index contributed by atoms with van der Waals surface area (Å²) in [5, 5.41) is 3.19. The molecular weight excluding hydrogens is 324 g/mol. The van der Waals surface area contributed by atoms with E-state index in [0.717, 1.165) is 51.0 Å². The van der Waals surface area contributed by atoms with Crippen LogP contribution in [0.4, 0.5) is 0 Å². The fourth-order valence-corrected chi connectivity index (χ4v) is 3.82. The van der Waals surface area contributed by atoms with Crippen molar-refractivity contribution in [2.24, 2.45) is 5.92 Å². The molecule has 0 radical (unpaired) electrons. The molecular formula is C18H25ClN4O. The second-order valence-corrected chi connectivity index (χ2v) is 6.65. The Morgan fingerprint density at radius 2 is 1.96 bits per heavy atom. The third-order valence-electron chi connectivity index (χ3n) is 5.26. The molecule has 1 aromatic carbocycles. The topological polar surface area (TPSA) is 50.2 Å². The number of aromatic nitrogens is 2. The van der Waals surface area contributed by atoms with Crippen molar-refractivity contribution >= 4 is 29.3 Å². The standard InChI is InChI=1S/C18H24N4O.ClH/c1-2-17-20-15-5-3-4-6-16(15)22(17)14-7-9-21(10-8-14)18(23)13-11-19-12-13;/h3-6,13-14,19H,2,7-12H2,1H3;1H. The van der Waals surface area contributed by atoms with Crippen molar-refractivity contribution in [3.63, 3.8) is 0 Å². The molecule has 2 fully saturated rings. The molecule has 2 saturated heterocycles. The van der Waals surface area contributed by atoms with Gasteiger partial charge < -0.3 is 14.8 Å². The molecule has 4 rings (SSSR count). The van der Waals surface area contributed by atoms with Gasteiger partial charge in [0.1, 0.15) is 5.82 Å². The summed E-state index contributed by atoms with van der Waals surface area (Å²) in [5.41, 5.74) is 2.32. The van der Waals surface area contributed by atoms with E-state index in [-0.39, 0.29) is 18.3 Å². The number of nitrogens with zero attached hydrogens (tertiary/aromatic N) is 3. The Morgan fingerprint density at radius 1 is 1.25 bits per heavy atom. The minimum Gasteiger partial charge on any atom is -0.342 e. The summed E-state index contributed by atoms with van der Waals surface area (Å²) in [6.45, 7) is 5.61. The third kappa shape index (κ3) is 2.91. The zero-order valence-corrected chi connectivity index (χ0v) is 14.9. The number of nitrogens with one attached hydrogen (secondary N) is 1. The lowest BCUT2D eigenvalue weighted by Gasteiger charge is -2.37. The van der Waals surface area contributed by atoms with Crippen LogP contribution in [-0.4, -0.2) is 46.5 Å². The summed E-state index contributed by atoms with van der Waals surface area (Å²) in [5.74, 6) is 1.72. The summed E-state index contributed by atoms with van der Waals surface area (Å²) in [4.78, 5) is 19.2. The Bertz CT molecular complexity index is 717. The Balaban J connectivity index is 0.00000169. The fraction of sp³-hybridized carbons (Fsp3) is 0.556. The molecule has 1 amide bonds. The van der Waals surface area contributed by atoms with Gasteiger partial charge in [0.25, 0.3) is 0 Å². The zero-order valence-electron chi connectivity index (χ0n) is 14.1. The van der Waals surface area contributed by atoms with E-state index in [9.17, 15) is 4.79 Å². The van der Waals surface area contributed by atoms with E-state index in [1.54, 1.807) is 0 Å². The van der Waals surface area contributed by atoms with Gasteiger partial charge in [-0.25, -0.2) is 4.98 Å². The summed E-state index contributed by atoms with van der Waals surface area (Å²) >= 11 is 0. The number of para-hydroxylation sites is 2. The highest BCUT2D eigenvalue weighted by atomic mass is 35.5. The molecule has 0 saturated carbocycles. The Labute approximate surface area is 148 Å². The van der Waals surface area contributed by atoms with Gasteiger partial charge in [-0.2, -0.15) is 0 Å². The van der Waals surface area contributed by atoms with Crippen LogP contribution in [0.5, 0.6) is 0 Å². The normalized spacial score (nSPS) is 19.1. The highest BCUT2D eigenvalue weighted by molar-refractivity contribution is 5.85. The van der Waals surface area contributed by atoms with Crippen LogP contribution >= 0.6 is 12.4 Å². The number of aryl methyl sites for hydroxylation is 1. The van der Waals surface area contributed by atoms with Crippen molar-refractivity contribution < 1.29 is 4.79 Å². The molecule has 2 aromatic rings. The van der Waals surface area contributed by atoms with Gasteiger partial charge in [0.05, 0.1) is 17.0 Å². The molecule has 0 bridgehead atoms. The van der Waals surface area contributed by atoms with Gasteiger partial charge in [-0.15, -0.1) is 12.4 Å². The van der Waals surface area contributed by atoms with Crippen LogP contribution < -0.4 is 5.32 Å². The first-order valence-electron chi connectivity index (χ1n) is 8.73. The van der Waals surface area contributed by atoms with Crippen LogP contribution in [0.15, 0.2) is 24.3 Å². The van der Waals surface area contributed by atoms with Crippen molar-refractivity contribution in [2.75, 3.05) is 26.2 Å². The number of rotatable bonds is 3. The number of amides is 1. The number of piperidine rings is 1. The van der Waals surface area contributed by atoms with E-state index in [2.05, 4.69) is 39.9 Å². The quantitative estimate of drug-likeness (QED) is 0.926. The van der Waals surface area contributed by atoms with E-state index in [0.29, 0.717) is 11.9 Å². The van der Waals surface area contributed by atoms with Gasteiger partial charge in [0.2, 0.25) is 5.91 Å². The highest BCUT2D eigenvalue weighted by Crippen LogP contribution is 2.29. The van der Waals surface area contributed by atoms with Crippen LogP contribution in [0.3, 0.4) is 0 Å². The van der Waals surface area contributed by atoms with Crippen LogP contribution in [0.25, 0.3) is 11.0 Å². The van der Waals surface area contributed by atoms with Crippen LogP contribution in [0, 0.1) is 5.92 Å². The van der Waals surface area contributed by atoms with Crippen molar-refractivity contribution in [1.29, 1.82) is 0 Å². The Hall–Kier alpha value is -1.59. The summed E-state index contributed by atoms with van der Waals surface area (Å²) in [6.07, 6.45) is 3.00. The average molecular weight is 349 g/mol. The molecule has 3 heterocycles. The molecule has 0 atom stereocenters. The van der Waals surface area contributed by atoms with E-state index >= 15 is 0 Å². The molecule has 1 N–H and O–H groups in total. The Morgan fingerprint density at radius 3 is 2.58 bits per heavy atom. The van der Waals surface area contributed by atoms with Gasteiger partial charge in [-0.1, -0.05) is 19.1 Å². The summed E-state index contributed by atoms with van der Waals surface area (Å²) in [6, 6.07) is 8.85. The number of hydrogen-bond acceptors (Lipinski definition) is 3. The number of benzene rings is 1. The minimum absolute atomic E-state index is 0. The molecule has 0 spiro atoms. The largest absolute Gasteiger partial charge is 0.342 e. The van der Waals surface area contributed by atoms with Crippen molar-refractivity contribution in [3.8, 4) is 0 Å². The molecule has 2 aliphatic rings. The first-order chi connectivity index (χ1) is 11.3. The number of hydrogen-bond donors (Lipinski definition) is 1. The van der Waals surface area contributed by atoms with E-state index in [1.807, 2.05) is 6.07 Å². The smallest absolute Gasteiger partial charge is 0.228 e. The lowest BCUT2D eigenvalue weighted by Crippen LogP contribution is -2.53. The van der Waals surface area contributed by atoms with Crippen LogP contribution in [0.1, 0.15) is 31.6 Å². The van der Waals surface area contributed by atoms with Crippen LogP contribution in [-0.2, 0) is 11.2 Å². The predicted molar refractivity (Wildman–Crippen MR) is 97.6 cm³/mol. The van der Waals surface area contributed by atoms with Gasteiger partial charge >= 0.3 is 0 Å². The number of carbonyl (C=O) groups excluding carboxylic acids is 1. The van der Waals surface area contributed by atoms with Gasteiger partial charge in [-0.3, -0.25) is 4.79 Å². The van der Waals surface area contributed by atoms with E-state index in [1.165, 1.54) is 11.3 Å². The van der Waals surface area contributed by atoms with Crippen molar-refractivity contribution in [3.05, 3.63) is 30.1 Å². The van der Waals surface area contributed by atoms with Gasteiger partial charge in [0.15, 0.2) is 0 Å². The summed E-state index contributed by atoms with van der Waals surface area (Å²) in [7, 11) is 0. The molecule has 130 valence electrons. The number of imidazole rings is 1.